The van der Waals surface area contributed by atoms with E-state index in [-0.39, 0.29) is 23.4 Å². The first-order valence-corrected chi connectivity index (χ1v) is 9.95. The summed E-state index contributed by atoms with van der Waals surface area (Å²) < 4.78 is 5.20. The van der Waals surface area contributed by atoms with E-state index in [4.69, 9.17) is 14.5 Å². The lowest BCUT2D eigenvalue weighted by atomic mass is 9.43. The molecule has 5 nitrogen and oxygen atoms in total. The molecule has 1 spiro atoms. The number of aliphatic hydroxyl groups is 1. The molecule has 0 radical (unpaired) electrons. The third-order valence-electron chi connectivity index (χ3n) is 8.06. The number of fused-ring (bicyclic) bond motifs is 2. The van der Waals surface area contributed by atoms with Crippen LogP contribution in [0.3, 0.4) is 0 Å². The topological polar surface area (TPSA) is 65.0 Å². The number of rotatable bonds is 2. The zero-order valence-corrected chi connectivity index (χ0v) is 16.6. The van der Waals surface area contributed by atoms with Crippen molar-refractivity contribution in [3.05, 3.63) is 11.6 Å². The van der Waals surface area contributed by atoms with Gasteiger partial charge in [-0.15, -0.1) is 0 Å². The van der Waals surface area contributed by atoms with Gasteiger partial charge < -0.3 is 9.84 Å². The minimum absolute atomic E-state index is 0.00307. The van der Waals surface area contributed by atoms with Crippen LogP contribution in [-0.2, 0) is 19.3 Å². The lowest BCUT2D eigenvalue weighted by Crippen LogP contribution is -2.65. The summed E-state index contributed by atoms with van der Waals surface area (Å²) in [5.41, 5.74) is -0.873. The van der Waals surface area contributed by atoms with Gasteiger partial charge >= 0.3 is 5.97 Å². The number of esters is 1. The van der Waals surface area contributed by atoms with E-state index < -0.39 is 16.6 Å². The predicted molar refractivity (Wildman–Crippen MR) is 96.0 cm³/mol. The van der Waals surface area contributed by atoms with Gasteiger partial charge in [0.2, 0.25) is 0 Å². The van der Waals surface area contributed by atoms with Gasteiger partial charge in [-0.3, -0.25) is 4.79 Å². The largest absolute Gasteiger partial charge is 0.469 e. The second kappa shape index (κ2) is 5.55. The standard InChI is InChI=1S/C21H32O5/c1-18(2,23)13-12-21-10-7-15-19(3,16(21)11-14(13)25-26-21)8-6-9-20(15,4)17(22)24-5/h12,14-16,23H,6-11H2,1-5H3/t14-,15-,16+,19-,20-,21-/m0/s1. The first-order valence-electron chi connectivity index (χ1n) is 9.95. The van der Waals surface area contributed by atoms with Crippen LogP contribution in [0.1, 0.15) is 66.2 Å². The van der Waals surface area contributed by atoms with Gasteiger partial charge in [-0.25, -0.2) is 9.78 Å². The molecule has 6 atom stereocenters. The first-order chi connectivity index (χ1) is 12.1. The minimum atomic E-state index is -0.905. The molecule has 0 aromatic heterocycles. The second-order valence-corrected chi connectivity index (χ2v) is 9.93. The molecule has 1 N–H and O–H groups in total. The van der Waals surface area contributed by atoms with Crippen LogP contribution in [0.4, 0.5) is 0 Å². The molecule has 0 amide bonds. The van der Waals surface area contributed by atoms with E-state index in [1.54, 1.807) is 0 Å². The van der Waals surface area contributed by atoms with E-state index in [1.165, 1.54) is 7.11 Å². The Kier molecular flexibility index (Phi) is 3.94. The zero-order valence-electron chi connectivity index (χ0n) is 16.6. The van der Waals surface area contributed by atoms with Gasteiger partial charge in [0, 0.05) is 5.92 Å². The first kappa shape index (κ1) is 18.5. The SMILES string of the molecule is COC(=O)[C@@]1(C)CCC[C@]2(C)[C@H]3C[C@@H]4OO[C@]3(C=C4C(C)(C)O)CC[C@@H]21. The van der Waals surface area contributed by atoms with Crippen LogP contribution in [0.25, 0.3) is 0 Å². The maximum Gasteiger partial charge on any atom is 0.311 e. The Hall–Kier alpha value is -0.910. The molecule has 1 saturated heterocycles. The molecule has 0 aromatic carbocycles. The van der Waals surface area contributed by atoms with Crippen molar-refractivity contribution in [1.82, 2.24) is 0 Å². The van der Waals surface area contributed by atoms with E-state index in [0.717, 1.165) is 44.1 Å². The van der Waals surface area contributed by atoms with Crippen molar-refractivity contribution < 1.29 is 24.4 Å². The lowest BCUT2D eigenvalue weighted by Gasteiger charge is -2.65. The summed E-state index contributed by atoms with van der Waals surface area (Å²) in [6.45, 7) is 8.06. The Morgan fingerprint density at radius 3 is 2.65 bits per heavy atom. The van der Waals surface area contributed by atoms with Crippen molar-refractivity contribution in [2.24, 2.45) is 22.7 Å². The maximum absolute atomic E-state index is 12.7. The molecule has 3 fully saturated rings. The molecule has 2 heterocycles. The number of hydrogen-bond donors (Lipinski definition) is 1. The average molecular weight is 364 g/mol. The van der Waals surface area contributed by atoms with Crippen LogP contribution < -0.4 is 0 Å². The number of carbonyl (C=O) groups is 1. The highest BCUT2D eigenvalue weighted by molar-refractivity contribution is 5.77. The molecule has 0 aromatic rings. The van der Waals surface area contributed by atoms with E-state index >= 15 is 0 Å². The summed E-state index contributed by atoms with van der Waals surface area (Å²) in [6.07, 6.45) is 7.53. The van der Waals surface area contributed by atoms with Crippen LogP contribution in [0.2, 0.25) is 0 Å². The van der Waals surface area contributed by atoms with Crippen LogP contribution in [0.15, 0.2) is 11.6 Å². The average Bonchev–Trinajstić information content (AvgIpc) is 2.59. The van der Waals surface area contributed by atoms with Crippen LogP contribution in [0.5, 0.6) is 0 Å². The van der Waals surface area contributed by atoms with E-state index in [1.807, 2.05) is 13.8 Å². The van der Waals surface area contributed by atoms with Gasteiger partial charge in [-0.1, -0.05) is 13.3 Å². The van der Waals surface area contributed by atoms with Gasteiger partial charge in [-0.2, -0.15) is 0 Å². The third-order valence-corrected chi connectivity index (χ3v) is 8.06. The molecule has 5 heteroatoms. The summed E-state index contributed by atoms with van der Waals surface area (Å²) in [4.78, 5) is 24.3. The van der Waals surface area contributed by atoms with Crippen molar-refractivity contribution >= 4 is 5.97 Å². The normalized spacial score (nSPS) is 47.6. The second-order valence-electron chi connectivity index (χ2n) is 9.93. The molecular weight excluding hydrogens is 332 g/mol. The molecule has 146 valence electrons. The van der Waals surface area contributed by atoms with Crippen molar-refractivity contribution in [3.8, 4) is 0 Å². The Morgan fingerprint density at radius 1 is 1.27 bits per heavy atom. The fourth-order valence-corrected chi connectivity index (χ4v) is 6.83. The fraction of sp³-hybridized carbons (Fsp3) is 0.857. The number of carbonyl (C=O) groups excluding carboxylic acids is 1. The summed E-state index contributed by atoms with van der Waals surface area (Å²) >= 11 is 0. The summed E-state index contributed by atoms with van der Waals surface area (Å²) in [5, 5.41) is 10.6. The third kappa shape index (κ3) is 2.29. The highest BCUT2D eigenvalue weighted by atomic mass is 17.2. The van der Waals surface area contributed by atoms with Crippen LogP contribution in [-0.4, -0.2) is 35.5 Å². The minimum Gasteiger partial charge on any atom is -0.469 e. The molecule has 0 unspecified atom stereocenters. The van der Waals surface area contributed by atoms with E-state index in [2.05, 4.69) is 19.9 Å². The molecule has 2 saturated carbocycles. The fourth-order valence-electron chi connectivity index (χ4n) is 6.83. The monoisotopic (exact) mass is 364 g/mol. The Labute approximate surface area is 156 Å². The van der Waals surface area contributed by atoms with Crippen molar-refractivity contribution in [2.75, 3.05) is 7.11 Å². The maximum atomic E-state index is 12.7. The molecule has 26 heavy (non-hydrogen) atoms. The lowest BCUT2D eigenvalue weighted by molar-refractivity contribution is -0.435. The number of ether oxygens (including phenoxy) is 1. The van der Waals surface area contributed by atoms with Crippen LogP contribution in [0, 0.1) is 22.7 Å². The summed E-state index contributed by atoms with van der Waals surface area (Å²) in [6, 6.07) is 0. The molecule has 2 bridgehead atoms. The van der Waals surface area contributed by atoms with Crippen molar-refractivity contribution in [3.63, 3.8) is 0 Å². The highest BCUT2D eigenvalue weighted by Gasteiger charge is 2.67. The van der Waals surface area contributed by atoms with Crippen molar-refractivity contribution in [2.45, 2.75) is 83.5 Å². The molecule has 2 aliphatic heterocycles. The summed E-state index contributed by atoms with van der Waals surface area (Å²) in [5.74, 6) is 0.506. The number of hydrogen-bond acceptors (Lipinski definition) is 5. The van der Waals surface area contributed by atoms with Gasteiger partial charge in [-0.05, 0) is 75.9 Å². The molecular formula is C21H32O5. The van der Waals surface area contributed by atoms with Gasteiger partial charge in [0.1, 0.15) is 11.7 Å². The Morgan fingerprint density at radius 2 is 2.00 bits per heavy atom. The van der Waals surface area contributed by atoms with Gasteiger partial charge in [0.05, 0.1) is 18.1 Å². The summed E-state index contributed by atoms with van der Waals surface area (Å²) in [7, 11) is 1.50. The van der Waals surface area contributed by atoms with E-state index in [0.29, 0.717) is 5.92 Å². The molecule has 5 aliphatic rings. The highest BCUT2D eigenvalue weighted by Crippen LogP contribution is 2.67. The zero-order chi connectivity index (χ0) is 19.0. The van der Waals surface area contributed by atoms with Gasteiger partial charge in [0.25, 0.3) is 0 Å². The number of methoxy groups -OCH3 is 1. The predicted octanol–water partition coefficient (Wildman–Crippen LogP) is 3.55. The quantitative estimate of drug-likeness (QED) is 0.461. The van der Waals surface area contributed by atoms with E-state index in [9.17, 15) is 9.90 Å². The Bertz CT molecular complexity index is 649. The Balaban J connectivity index is 1.75. The smallest absolute Gasteiger partial charge is 0.311 e. The van der Waals surface area contributed by atoms with Gasteiger partial charge in [0.15, 0.2) is 0 Å². The molecule has 3 aliphatic carbocycles. The molecule has 5 rings (SSSR count). The van der Waals surface area contributed by atoms with Crippen molar-refractivity contribution in [1.29, 1.82) is 0 Å². The van der Waals surface area contributed by atoms with Crippen LogP contribution >= 0.6 is 0 Å².